The maximum absolute atomic E-state index is 13.4. The lowest BCUT2D eigenvalue weighted by Gasteiger charge is -2.37. The van der Waals surface area contributed by atoms with E-state index in [9.17, 15) is 18.3 Å². The topological polar surface area (TPSA) is 99.2 Å². The lowest BCUT2D eigenvalue weighted by atomic mass is 9.99. The number of fused-ring (bicyclic) bond motifs is 1. The van der Waals surface area contributed by atoms with Gasteiger partial charge in [0.15, 0.2) is 0 Å². The van der Waals surface area contributed by atoms with Gasteiger partial charge in [0.05, 0.1) is 18.2 Å². The molecule has 1 aromatic carbocycles. The molecule has 0 saturated heterocycles. The van der Waals surface area contributed by atoms with Gasteiger partial charge in [0.2, 0.25) is 0 Å². The molecule has 0 saturated carbocycles. The zero-order chi connectivity index (χ0) is 22.8. The molecule has 8 nitrogen and oxygen atoms in total. The predicted molar refractivity (Wildman–Crippen MR) is 121 cm³/mol. The number of ether oxygens (including phenoxy) is 1. The van der Waals surface area contributed by atoms with Crippen LogP contribution in [0.15, 0.2) is 39.9 Å². The number of aliphatic hydroxyl groups excluding tert-OH is 1. The highest BCUT2D eigenvalue weighted by atomic mass is 32.2. The van der Waals surface area contributed by atoms with Crippen molar-refractivity contribution in [3.8, 4) is 5.75 Å². The van der Waals surface area contributed by atoms with Gasteiger partial charge < -0.3 is 19.6 Å². The Balaban J connectivity index is 2.00. The summed E-state index contributed by atoms with van der Waals surface area (Å²) < 4.78 is 34.2. The first-order valence-corrected chi connectivity index (χ1v) is 12.4. The minimum atomic E-state index is -3.74. The fraction of sp³-hybridized carbons (Fsp3) is 0.476. The van der Waals surface area contributed by atoms with Crippen LogP contribution in [0.5, 0.6) is 5.75 Å². The van der Waals surface area contributed by atoms with Crippen LogP contribution in [-0.4, -0.2) is 75.2 Å². The summed E-state index contributed by atoms with van der Waals surface area (Å²) in [6.45, 7) is 4.72. The molecule has 3 rings (SSSR count). The zero-order valence-corrected chi connectivity index (χ0v) is 19.7. The van der Waals surface area contributed by atoms with Gasteiger partial charge in [0, 0.05) is 24.7 Å². The van der Waals surface area contributed by atoms with Crippen LogP contribution in [0.4, 0.5) is 5.69 Å². The molecule has 2 N–H and O–H groups in total. The summed E-state index contributed by atoms with van der Waals surface area (Å²) in [5.74, 6) is 0.131. The van der Waals surface area contributed by atoms with E-state index in [1.165, 1.54) is 12.1 Å². The number of sulfonamides is 1. The molecule has 1 aliphatic heterocycles. The van der Waals surface area contributed by atoms with Crippen molar-refractivity contribution < 1.29 is 23.1 Å². The number of aliphatic hydroxyl groups is 1. The Hall–Kier alpha value is -2.14. The number of carbonyl (C=O) groups excluding carboxylic acids is 1. The number of amides is 1. The van der Waals surface area contributed by atoms with Crippen molar-refractivity contribution >= 4 is 33.0 Å². The molecular weight excluding hydrogens is 438 g/mol. The van der Waals surface area contributed by atoms with E-state index in [0.717, 1.165) is 11.3 Å². The first kappa shape index (κ1) is 23.5. The first-order chi connectivity index (χ1) is 14.6. The monoisotopic (exact) mass is 467 g/mol. The van der Waals surface area contributed by atoms with Gasteiger partial charge in [-0.25, -0.2) is 8.42 Å². The Bertz CT molecular complexity index is 1010. The highest BCUT2D eigenvalue weighted by Gasteiger charge is 2.33. The van der Waals surface area contributed by atoms with Crippen molar-refractivity contribution in [3.63, 3.8) is 0 Å². The minimum absolute atomic E-state index is 0.0329. The lowest BCUT2D eigenvalue weighted by Crippen LogP contribution is -2.49. The number of nitrogens with one attached hydrogen (secondary N) is 1. The molecule has 0 aliphatic carbocycles. The molecule has 0 unspecified atom stereocenters. The average molecular weight is 468 g/mol. The second-order valence-electron chi connectivity index (χ2n) is 8.13. The van der Waals surface area contributed by atoms with Gasteiger partial charge in [-0.3, -0.25) is 9.52 Å². The van der Waals surface area contributed by atoms with Gasteiger partial charge in [-0.2, -0.15) is 0 Å². The first-order valence-electron chi connectivity index (χ1n) is 10.1. The van der Waals surface area contributed by atoms with E-state index in [4.69, 9.17) is 4.74 Å². The number of hydrogen-bond acceptors (Lipinski definition) is 7. The number of benzene rings is 1. The van der Waals surface area contributed by atoms with Crippen molar-refractivity contribution in [2.24, 2.45) is 5.92 Å². The zero-order valence-electron chi connectivity index (χ0n) is 18.1. The summed E-state index contributed by atoms with van der Waals surface area (Å²) in [6, 6.07) is 7.53. The normalized spacial score (nSPS) is 20.6. The van der Waals surface area contributed by atoms with Crippen molar-refractivity contribution in [2.75, 3.05) is 38.5 Å². The Morgan fingerprint density at radius 1 is 1.35 bits per heavy atom. The SMILES string of the molecule is C[C@H](CO)N1C[C@H](C)[C@@H](CN(C)C)Oc2ccc(NS(=O)(=O)c3cccs3)cc2C1=O. The number of hydrogen-bond donors (Lipinski definition) is 2. The van der Waals surface area contributed by atoms with Gasteiger partial charge in [0.1, 0.15) is 16.1 Å². The Kier molecular flexibility index (Phi) is 7.25. The molecule has 170 valence electrons. The third-order valence-electron chi connectivity index (χ3n) is 5.22. The number of thiophene rings is 1. The van der Waals surface area contributed by atoms with Crippen LogP contribution in [0.3, 0.4) is 0 Å². The van der Waals surface area contributed by atoms with E-state index in [1.54, 1.807) is 35.4 Å². The summed E-state index contributed by atoms with van der Waals surface area (Å²) in [5, 5.41) is 11.4. The summed E-state index contributed by atoms with van der Waals surface area (Å²) in [4.78, 5) is 17.0. The number of rotatable bonds is 7. The number of carbonyl (C=O) groups is 1. The molecule has 3 atom stereocenters. The minimum Gasteiger partial charge on any atom is -0.488 e. The van der Waals surface area contributed by atoms with E-state index in [1.807, 2.05) is 25.9 Å². The molecule has 0 fully saturated rings. The standard InChI is InChI=1S/C21H29N3O5S2/c1-14-11-24(15(2)13-25)21(26)17-10-16(22-31(27,28)20-6-5-9-30-20)7-8-18(17)29-19(14)12-23(3)4/h5-10,14-15,19,22,25H,11-13H2,1-4H3/t14-,15+,19+/m0/s1. The molecule has 10 heteroatoms. The Labute approximate surface area is 187 Å². The van der Waals surface area contributed by atoms with Crippen LogP contribution < -0.4 is 9.46 Å². The van der Waals surface area contributed by atoms with E-state index in [0.29, 0.717) is 18.8 Å². The van der Waals surface area contributed by atoms with Crippen LogP contribution in [-0.2, 0) is 10.0 Å². The third kappa shape index (κ3) is 5.38. The highest BCUT2D eigenvalue weighted by molar-refractivity contribution is 7.94. The van der Waals surface area contributed by atoms with Crippen molar-refractivity contribution in [3.05, 3.63) is 41.3 Å². The van der Waals surface area contributed by atoms with E-state index >= 15 is 0 Å². The second kappa shape index (κ2) is 9.56. The van der Waals surface area contributed by atoms with Gasteiger partial charge in [-0.15, -0.1) is 11.3 Å². The smallest absolute Gasteiger partial charge is 0.271 e. The van der Waals surface area contributed by atoms with Crippen LogP contribution in [0.1, 0.15) is 24.2 Å². The quantitative estimate of drug-likeness (QED) is 0.649. The molecule has 31 heavy (non-hydrogen) atoms. The molecule has 0 spiro atoms. The Morgan fingerprint density at radius 2 is 2.10 bits per heavy atom. The summed E-state index contributed by atoms with van der Waals surface area (Å²) in [7, 11) is 0.168. The number of anilines is 1. The summed E-state index contributed by atoms with van der Waals surface area (Å²) >= 11 is 1.12. The van der Waals surface area contributed by atoms with E-state index in [-0.39, 0.29) is 46.0 Å². The second-order valence-corrected chi connectivity index (χ2v) is 11.0. The fourth-order valence-electron chi connectivity index (χ4n) is 3.49. The van der Waals surface area contributed by atoms with Crippen molar-refractivity contribution in [1.29, 1.82) is 0 Å². The summed E-state index contributed by atoms with van der Waals surface area (Å²) in [5.41, 5.74) is 0.542. The number of likely N-dealkylation sites (N-methyl/N-ethyl adjacent to an activating group) is 1. The third-order valence-corrected chi connectivity index (χ3v) is 8.00. The largest absolute Gasteiger partial charge is 0.488 e. The maximum Gasteiger partial charge on any atom is 0.271 e. The van der Waals surface area contributed by atoms with Gasteiger partial charge in [-0.1, -0.05) is 13.0 Å². The maximum atomic E-state index is 13.4. The van der Waals surface area contributed by atoms with Crippen LogP contribution in [0, 0.1) is 5.92 Å². The van der Waals surface area contributed by atoms with Crippen LogP contribution >= 0.6 is 11.3 Å². The molecular formula is C21H29N3O5S2. The molecule has 2 aromatic rings. The number of nitrogens with zero attached hydrogens (tertiary/aromatic N) is 2. The van der Waals surface area contributed by atoms with Crippen molar-refractivity contribution in [2.45, 2.75) is 30.2 Å². The lowest BCUT2D eigenvalue weighted by molar-refractivity contribution is 0.0363. The molecule has 1 amide bonds. The highest BCUT2D eigenvalue weighted by Crippen LogP contribution is 2.31. The molecule has 0 bridgehead atoms. The molecule has 1 aliphatic rings. The van der Waals surface area contributed by atoms with Crippen molar-refractivity contribution in [1.82, 2.24) is 9.80 Å². The van der Waals surface area contributed by atoms with E-state index < -0.39 is 10.0 Å². The average Bonchev–Trinajstić information content (AvgIpc) is 3.26. The van der Waals surface area contributed by atoms with Gasteiger partial charge in [-0.05, 0) is 50.7 Å². The van der Waals surface area contributed by atoms with Crippen LogP contribution in [0.25, 0.3) is 0 Å². The predicted octanol–water partition coefficient (Wildman–Crippen LogP) is 2.33. The molecule has 1 aromatic heterocycles. The van der Waals surface area contributed by atoms with Crippen LogP contribution in [0.2, 0.25) is 0 Å². The van der Waals surface area contributed by atoms with Gasteiger partial charge in [0.25, 0.3) is 15.9 Å². The fourth-order valence-corrected chi connectivity index (χ4v) is 5.53. The van der Waals surface area contributed by atoms with Gasteiger partial charge >= 0.3 is 0 Å². The molecule has 2 heterocycles. The Morgan fingerprint density at radius 3 is 2.71 bits per heavy atom. The van der Waals surface area contributed by atoms with E-state index in [2.05, 4.69) is 4.72 Å². The molecule has 0 radical (unpaired) electrons. The summed E-state index contributed by atoms with van der Waals surface area (Å²) in [6.07, 6.45) is -0.177.